The molecular formula is C26H29BrClN5O4S. The van der Waals surface area contributed by atoms with Crippen LogP contribution in [0.3, 0.4) is 0 Å². The van der Waals surface area contributed by atoms with Crippen LogP contribution >= 0.6 is 27.5 Å². The molecule has 4 rings (SSSR count). The fraction of sp³-hybridized carbons (Fsp3) is 0.346. The number of esters is 1. The Labute approximate surface area is 235 Å². The zero-order chi connectivity index (χ0) is 27.3. The molecule has 1 unspecified atom stereocenters. The van der Waals surface area contributed by atoms with E-state index < -0.39 is 10.0 Å². The standard InChI is InChI=1S/C26H29BrClN5O4S/c1-32(38(35,36)19-11-8-18(9-12-19)10-13-25(34)37-2)15-5-14-29-24-16-23(20-6-3-4-7-22(20)28)31-26-21(27)17-30-33(24)26/h3-4,6-8,11-12,16-18,29H,5,9-10,13-15H2,1-2H3. The fourth-order valence-corrected chi connectivity index (χ4v) is 6.01. The van der Waals surface area contributed by atoms with Crippen LogP contribution in [0.15, 0.2) is 64.1 Å². The monoisotopic (exact) mass is 621 g/mol. The third-order valence-electron chi connectivity index (χ3n) is 6.34. The molecule has 0 radical (unpaired) electrons. The molecule has 2 heterocycles. The number of benzene rings is 1. The fourth-order valence-electron chi connectivity index (χ4n) is 4.14. The Morgan fingerprint density at radius 1 is 1.34 bits per heavy atom. The maximum absolute atomic E-state index is 13.1. The third kappa shape index (κ3) is 6.45. The van der Waals surface area contributed by atoms with Crippen molar-refractivity contribution in [3.8, 4) is 11.3 Å². The lowest BCUT2D eigenvalue weighted by Crippen LogP contribution is -2.30. The van der Waals surface area contributed by atoms with E-state index in [0.717, 1.165) is 15.9 Å². The SMILES string of the molecule is COC(=O)CCC1C=CC(S(=O)(=O)N(C)CCCNc2cc(-c3ccccc3Cl)nc3c(Br)cnn23)=CC1. The number of allylic oxidation sites excluding steroid dienone is 3. The molecule has 3 aromatic rings. The van der Waals surface area contributed by atoms with Crippen molar-refractivity contribution >= 4 is 55.0 Å². The van der Waals surface area contributed by atoms with E-state index in [1.807, 2.05) is 36.4 Å². The van der Waals surface area contributed by atoms with E-state index in [-0.39, 0.29) is 16.8 Å². The van der Waals surface area contributed by atoms with Crippen LogP contribution in [0.1, 0.15) is 25.7 Å². The lowest BCUT2D eigenvalue weighted by atomic mass is 9.96. The predicted molar refractivity (Wildman–Crippen MR) is 152 cm³/mol. The summed E-state index contributed by atoms with van der Waals surface area (Å²) in [6.45, 7) is 0.851. The topological polar surface area (TPSA) is 106 Å². The molecule has 202 valence electrons. The second-order valence-electron chi connectivity index (χ2n) is 8.92. The normalized spacial score (nSPS) is 15.6. The average molecular weight is 623 g/mol. The molecule has 0 bridgehead atoms. The predicted octanol–water partition coefficient (Wildman–Crippen LogP) is 5.29. The molecule has 1 aliphatic rings. The molecule has 0 fully saturated rings. The average Bonchev–Trinajstić information content (AvgIpc) is 3.30. The Morgan fingerprint density at radius 2 is 2.13 bits per heavy atom. The second-order valence-corrected chi connectivity index (χ2v) is 12.2. The van der Waals surface area contributed by atoms with Gasteiger partial charge in [0.2, 0.25) is 10.0 Å². The number of nitrogens with one attached hydrogen (secondary N) is 1. The Morgan fingerprint density at radius 3 is 2.84 bits per heavy atom. The number of carbonyl (C=O) groups excluding carboxylic acids is 1. The number of nitrogens with zero attached hydrogens (tertiary/aromatic N) is 4. The van der Waals surface area contributed by atoms with Gasteiger partial charge in [-0.25, -0.2) is 17.7 Å². The smallest absolute Gasteiger partial charge is 0.305 e. The minimum Gasteiger partial charge on any atom is -0.469 e. The van der Waals surface area contributed by atoms with Crippen molar-refractivity contribution in [2.75, 3.05) is 32.6 Å². The summed E-state index contributed by atoms with van der Waals surface area (Å²) in [4.78, 5) is 16.3. The Balaban J connectivity index is 1.37. The Bertz CT molecular complexity index is 1490. The highest BCUT2D eigenvalue weighted by Gasteiger charge is 2.24. The Kier molecular flexibility index (Phi) is 9.24. The van der Waals surface area contributed by atoms with Gasteiger partial charge in [0.05, 0.1) is 28.4 Å². The van der Waals surface area contributed by atoms with E-state index in [1.165, 1.54) is 11.4 Å². The van der Waals surface area contributed by atoms with Gasteiger partial charge >= 0.3 is 5.97 Å². The zero-order valence-electron chi connectivity index (χ0n) is 21.1. The van der Waals surface area contributed by atoms with Crippen LogP contribution in [-0.2, 0) is 19.6 Å². The zero-order valence-corrected chi connectivity index (χ0v) is 24.3. The minimum absolute atomic E-state index is 0.123. The summed E-state index contributed by atoms with van der Waals surface area (Å²) in [5.74, 6) is 0.580. The number of aromatic nitrogens is 3. The number of halogens is 2. The molecule has 0 spiro atoms. The van der Waals surface area contributed by atoms with Crippen molar-refractivity contribution in [1.82, 2.24) is 18.9 Å². The van der Waals surface area contributed by atoms with Gasteiger partial charge < -0.3 is 10.1 Å². The first-order valence-electron chi connectivity index (χ1n) is 12.1. The van der Waals surface area contributed by atoms with E-state index in [4.69, 9.17) is 16.6 Å². The molecule has 0 aliphatic heterocycles. The van der Waals surface area contributed by atoms with E-state index in [0.29, 0.717) is 55.1 Å². The van der Waals surface area contributed by atoms with E-state index in [2.05, 4.69) is 31.1 Å². The summed E-state index contributed by atoms with van der Waals surface area (Å²) in [6.07, 6.45) is 8.98. The van der Waals surface area contributed by atoms with Gasteiger partial charge in [0.1, 0.15) is 5.82 Å². The summed E-state index contributed by atoms with van der Waals surface area (Å²) in [6, 6.07) is 9.37. The number of hydrogen-bond donors (Lipinski definition) is 1. The lowest BCUT2D eigenvalue weighted by Gasteiger charge is -2.21. The van der Waals surface area contributed by atoms with Gasteiger partial charge in [-0.15, -0.1) is 0 Å². The largest absolute Gasteiger partial charge is 0.469 e. The van der Waals surface area contributed by atoms with Gasteiger partial charge in [0.15, 0.2) is 5.65 Å². The quantitative estimate of drug-likeness (QED) is 0.229. The highest BCUT2D eigenvalue weighted by molar-refractivity contribution is 9.10. The molecule has 38 heavy (non-hydrogen) atoms. The molecule has 1 aromatic carbocycles. The number of methoxy groups -OCH3 is 1. The van der Waals surface area contributed by atoms with Gasteiger partial charge in [-0.3, -0.25) is 4.79 Å². The summed E-state index contributed by atoms with van der Waals surface area (Å²) in [7, 11) is -0.662. The molecule has 2 aromatic heterocycles. The number of fused-ring (bicyclic) bond motifs is 1. The van der Waals surface area contributed by atoms with E-state index in [9.17, 15) is 13.2 Å². The first-order chi connectivity index (χ1) is 18.2. The molecule has 0 saturated heterocycles. The minimum atomic E-state index is -3.61. The molecule has 1 atom stereocenters. The van der Waals surface area contributed by atoms with Crippen molar-refractivity contribution in [1.29, 1.82) is 0 Å². The van der Waals surface area contributed by atoms with Crippen molar-refractivity contribution in [3.05, 3.63) is 69.2 Å². The van der Waals surface area contributed by atoms with Gasteiger partial charge in [0.25, 0.3) is 0 Å². The number of rotatable bonds is 11. The Hall–Kier alpha value is -2.73. The molecule has 1 N–H and O–H groups in total. The van der Waals surface area contributed by atoms with E-state index >= 15 is 0 Å². The number of hydrogen-bond acceptors (Lipinski definition) is 7. The van der Waals surface area contributed by atoms with Gasteiger partial charge in [0, 0.05) is 43.2 Å². The van der Waals surface area contributed by atoms with Crippen LogP contribution in [0.5, 0.6) is 0 Å². The van der Waals surface area contributed by atoms with Crippen LogP contribution in [0, 0.1) is 5.92 Å². The van der Waals surface area contributed by atoms with Crippen LogP contribution in [0.4, 0.5) is 5.82 Å². The molecule has 12 heteroatoms. The van der Waals surface area contributed by atoms with Gasteiger partial charge in [-0.2, -0.15) is 9.61 Å². The molecular weight excluding hydrogens is 594 g/mol. The number of ether oxygens (including phenoxy) is 1. The molecule has 0 amide bonds. The highest BCUT2D eigenvalue weighted by Crippen LogP contribution is 2.30. The highest BCUT2D eigenvalue weighted by atomic mass is 79.9. The number of anilines is 1. The summed E-state index contributed by atoms with van der Waals surface area (Å²) in [5, 5.41) is 8.34. The molecule has 1 aliphatic carbocycles. The van der Waals surface area contributed by atoms with Crippen LogP contribution in [0.25, 0.3) is 16.9 Å². The van der Waals surface area contributed by atoms with E-state index in [1.54, 1.807) is 29.9 Å². The van der Waals surface area contributed by atoms with Crippen molar-refractivity contribution in [2.24, 2.45) is 5.92 Å². The molecule has 9 nitrogen and oxygen atoms in total. The van der Waals surface area contributed by atoms with Crippen molar-refractivity contribution < 1.29 is 17.9 Å². The number of carbonyl (C=O) groups is 1. The lowest BCUT2D eigenvalue weighted by molar-refractivity contribution is -0.140. The molecule has 0 saturated carbocycles. The summed E-state index contributed by atoms with van der Waals surface area (Å²) < 4.78 is 34.6. The maximum atomic E-state index is 13.1. The first kappa shape index (κ1) is 28.3. The summed E-state index contributed by atoms with van der Waals surface area (Å²) in [5.41, 5.74) is 2.15. The first-order valence-corrected chi connectivity index (χ1v) is 14.8. The van der Waals surface area contributed by atoms with Gasteiger partial charge in [-0.05, 0) is 53.3 Å². The van der Waals surface area contributed by atoms with Crippen LogP contribution in [0.2, 0.25) is 5.02 Å². The van der Waals surface area contributed by atoms with Crippen LogP contribution < -0.4 is 5.32 Å². The van der Waals surface area contributed by atoms with Crippen molar-refractivity contribution in [2.45, 2.75) is 25.7 Å². The van der Waals surface area contributed by atoms with Crippen LogP contribution in [-0.4, -0.2) is 60.5 Å². The summed E-state index contributed by atoms with van der Waals surface area (Å²) >= 11 is 9.90. The number of sulfonamides is 1. The second kappa shape index (κ2) is 12.4. The van der Waals surface area contributed by atoms with Gasteiger partial charge in [-0.1, -0.05) is 42.0 Å². The maximum Gasteiger partial charge on any atom is 0.305 e. The third-order valence-corrected chi connectivity index (χ3v) is 9.13. The van der Waals surface area contributed by atoms with Crippen molar-refractivity contribution in [3.63, 3.8) is 0 Å².